The first-order valence-corrected chi connectivity index (χ1v) is 7.19. The fourth-order valence-electron chi connectivity index (χ4n) is 2.31. The van der Waals surface area contributed by atoms with Gasteiger partial charge >= 0.3 is 5.69 Å². The van der Waals surface area contributed by atoms with Crippen molar-refractivity contribution in [3.63, 3.8) is 0 Å². The molecular weight excluding hydrogens is 272 g/mol. The van der Waals surface area contributed by atoms with Crippen LogP contribution in [-0.2, 0) is 13.6 Å². The number of aromatic nitrogens is 2. The van der Waals surface area contributed by atoms with E-state index in [1.807, 2.05) is 27.7 Å². The fraction of sp³-hybridized carbons (Fsp3) is 0.714. The molecule has 1 rings (SSSR count). The molecule has 3 N–H and O–H groups in total. The van der Waals surface area contributed by atoms with Crippen molar-refractivity contribution in [3.05, 3.63) is 20.8 Å². The molecule has 0 aliphatic rings. The van der Waals surface area contributed by atoms with Crippen LogP contribution < -0.4 is 21.9 Å². The van der Waals surface area contributed by atoms with Gasteiger partial charge in [-0.15, -0.1) is 0 Å². The molecule has 7 nitrogen and oxygen atoms in total. The van der Waals surface area contributed by atoms with Crippen molar-refractivity contribution in [1.82, 2.24) is 9.13 Å². The Bertz CT molecular complexity index is 601. The molecule has 0 fully saturated rings. The van der Waals surface area contributed by atoms with Gasteiger partial charge in [0, 0.05) is 26.2 Å². The van der Waals surface area contributed by atoms with E-state index in [1.54, 1.807) is 4.90 Å². The number of hydrogen-bond acceptors (Lipinski definition) is 5. The van der Waals surface area contributed by atoms with E-state index in [1.165, 1.54) is 11.6 Å². The van der Waals surface area contributed by atoms with Gasteiger partial charge in [-0.3, -0.25) is 13.9 Å². The zero-order valence-corrected chi connectivity index (χ0v) is 13.5. The summed E-state index contributed by atoms with van der Waals surface area (Å²) in [5.74, 6) is 0.389. The Morgan fingerprint density at radius 3 is 2.24 bits per heavy atom. The van der Waals surface area contributed by atoms with E-state index in [0.717, 1.165) is 4.57 Å². The largest absolute Gasteiger partial charge is 0.395 e. The van der Waals surface area contributed by atoms with Gasteiger partial charge in [-0.2, -0.15) is 0 Å². The smallest absolute Gasteiger partial charge is 0.332 e. The number of nitrogens with two attached hydrogens (primary N) is 1. The molecule has 120 valence electrons. The maximum absolute atomic E-state index is 12.4. The van der Waals surface area contributed by atoms with Crippen LogP contribution in [0.4, 0.5) is 11.5 Å². The zero-order chi connectivity index (χ0) is 16.3. The summed E-state index contributed by atoms with van der Waals surface area (Å²) in [5, 5.41) is 9.21. The van der Waals surface area contributed by atoms with E-state index in [2.05, 4.69) is 0 Å². The van der Waals surface area contributed by atoms with Crippen molar-refractivity contribution in [1.29, 1.82) is 0 Å². The molecule has 0 unspecified atom stereocenters. The lowest BCUT2D eigenvalue weighted by Gasteiger charge is -2.30. The van der Waals surface area contributed by atoms with Gasteiger partial charge in [0.15, 0.2) is 0 Å². The molecule has 0 aliphatic carbocycles. The first kappa shape index (κ1) is 17.3. The number of aliphatic hydroxyl groups is 1. The Hall–Kier alpha value is -1.76. The number of nitrogen functional groups attached to an aromatic ring is 1. The molecule has 0 amide bonds. The van der Waals surface area contributed by atoms with Crippen molar-refractivity contribution in [2.45, 2.75) is 40.3 Å². The third-order valence-corrected chi connectivity index (χ3v) is 3.36. The summed E-state index contributed by atoms with van der Waals surface area (Å²) in [5.41, 5.74) is 5.53. The van der Waals surface area contributed by atoms with Gasteiger partial charge in [0.1, 0.15) is 11.5 Å². The summed E-state index contributed by atoms with van der Waals surface area (Å²) >= 11 is 0. The van der Waals surface area contributed by atoms with E-state index < -0.39 is 11.2 Å². The molecule has 1 aromatic heterocycles. The van der Waals surface area contributed by atoms with Gasteiger partial charge in [0.2, 0.25) is 0 Å². The third kappa shape index (κ3) is 3.47. The predicted molar refractivity (Wildman–Crippen MR) is 84.8 cm³/mol. The topological polar surface area (TPSA) is 93.5 Å². The highest BCUT2D eigenvalue weighted by molar-refractivity contribution is 5.63. The van der Waals surface area contributed by atoms with Crippen molar-refractivity contribution >= 4 is 11.5 Å². The second-order valence-corrected chi connectivity index (χ2v) is 5.90. The number of hydrogen-bond donors (Lipinski definition) is 2. The van der Waals surface area contributed by atoms with Crippen molar-refractivity contribution in [2.75, 3.05) is 23.8 Å². The van der Waals surface area contributed by atoms with Gasteiger partial charge in [0.25, 0.3) is 5.56 Å². The van der Waals surface area contributed by atoms with Gasteiger partial charge in [-0.05, 0) is 19.8 Å². The summed E-state index contributed by atoms with van der Waals surface area (Å²) < 4.78 is 2.50. The third-order valence-electron chi connectivity index (χ3n) is 3.36. The molecule has 1 heterocycles. The molecule has 0 bridgehead atoms. The highest BCUT2D eigenvalue weighted by Gasteiger charge is 2.22. The maximum atomic E-state index is 12.4. The zero-order valence-electron chi connectivity index (χ0n) is 13.5. The lowest BCUT2D eigenvalue weighted by atomic mass is 10.2. The molecule has 0 aliphatic heterocycles. The summed E-state index contributed by atoms with van der Waals surface area (Å²) in [6.07, 6.45) is 0. The number of rotatable bonds is 6. The Labute approximate surface area is 124 Å². The van der Waals surface area contributed by atoms with Crippen molar-refractivity contribution in [3.8, 4) is 0 Å². The van der Waals surface area contributed by atoms with E-state index in [9.17, 15) is 14.7 Å². The summed E-state index contributed by atoms with van der Waals surface area (Å²) in [6, 6.07) is -0.0165. The van der Waals surface area contributed by atoms with Gasteiger partial charge in [-0.1, -0.05) is 13.8 Å². The molecule has 0 saturated heterocycles. The SMILES string of the molecule is CC(C)Cn1c(N)c(N(CCO)C(C)C)c(=O)n(C)c1=O. The maximum Gasteiger partial charge on any atom is 0.332 e. The summed E-state index contributed by atoms with van der Waals surface area (Å²) in [7, 11) is 1.45. The van der Waals surface area contributed by atoms with E-state index >= 15 is 0 Å². The monoisotopic (exact) mass is 298 g/mol. The quantitative estimate of drug-likeness (QED) is 0.770. The minimum absolute atomic E-state index is 0.0165. The minimum Gasteiger partial charge on any atom is -0.395 e. The van der Waals surface area contributed by atoms with Crippen LogP contribution in [-0.4, -0.2) is 33.4 Å². The average Bonchev–Trinajstić information content (AvgIpc) is 2.40. The van der Waals surface area contributed by atoms with Crippen LogP contribution in [0, 0.1) is 5.92 Å². The molecule has 21 heavy (non-hydrogen) atoms. The van der Waals surface area contributed by atoms with Crippen molar-refractivity contribution in [2.24, 2.45) is 13.0 Å². The number of aliphatic hydroxyl groups excluding tert-OH is 1. The normalized spacial score (nSPS) is 11.4. The Kier molecular flexibility index (Phi) is 5.60. The van der Waals surface area contributed by atoms with Crippen LogP contribution in [0.1, 0.15) is 27.7 Å². The molecule has 0 radical (unpaired) electrons. The number of nitrogens with zero attached hydrogens (tertiary/aromatic N) is 3. The predicted octanol–water partition coefficient (Wildman–Crippen LogP) is -0.00770. The Morgan fingerprint density at radius 2 is 1.81 bits per heavy atom. The van der Waals surface area contributed by atoms with Crippen LogP contribution in [0.15, 0.2) is 9.59 Å². The molecule has 0 saturated carbocycles. The summed E-state index contributed by atoms with van der Waals surface area (Å²) in [6.45, 7) is 8.41. The van der Waals surface area contributed by atoms with Crippen LogP contribution in [0.5, 0.6) is 0 Å². The fourth-order valence-corrected chi connectivity index (χ4v) is 2.31. The van der Waals surface area contributed by atoms with Gasteiger partial charge in [-0.25, -0.2) is 4.79 Å². The molecule has 0 aromatic carbocycles. The molecule has 7 heteroatoms. The highest BCUT2D eigenvalue weighted by atomic mass is 16.3. The van der Waals surface area contributed by atoms with Crippen molar-refractivity contribution < 1.29 is 5.11 Å². The summed E-state index contributed by atoms with van der Waals surface area (Å²) in [4.78, 5) is 26.4. The second kappa shape index (κ2) is 6.80. The average molecular weight is 298 g/mol. The standard InChI is InChI=1S/C14H26N4O3/c1-9(2)8-18-12(15)11(13(20)16(5)14(18)21)17(6-7-19)10(3)4/h9-10,19H,6-8,15H2,1-5H3. The van der Waals surface area contributed by atoms with Gasteiger partial charge < -0.3 is 15.7 Å². The molecule has 1 aromatic rings. The van der Waals surface area contributed by atoms with E-state index in [-0.39, 0.29) is 36.6 Å². The molecule has 0 spiro atoms. The first-order valence-electron chi connectivity index (χ1n) is 7.19. The minimum atomic E-state index is -0.431. The van der Waals surface area contributed by atoms with Crippen LogP contribution in [0.25, 0.3) is 0 Å². The van der Waals surface area contributed by atoms with Gasteiger partial charge in [0.05, 0.1) is 6.61 Å². The molecule has 0 atom stereocenters. The number of anilines is 2. The lowest BCUT2D eigenvalue weighted by molar-refractivity contribution is 0.298. The van der Waals surface area contributed by atoms with E-state index in [4.69, 9.17) is 5.73 Å². The Morgan fingerprint density at radius 1 is 1.24 bits per heavy atom. The lowest BCUT2D eigenvalue weighted by Crippen LogP contribution is -2.46. The van der Waals surface area contributed by atoms with Crippen LogP contribution in [0.2, 0.25) is 0 Å². The van der Waals surface area contributed by atoms with Crippen LogP contribution in [0.3, 0.4) is 0 Å². The van der Waals surface area contributed by atoms with E-state index in [0.29, 0.717) is 6.54 Å². The first-order chi connectivity index (χ1) is 9.72. The highest BCUT2D eigenvalue weighted by Crippen LogP contribution is 2.19. The second-order valence-electron chi connectivity index (χ2n) is 5.90. The molecular formula is C14H26N4O3. The van der Waals surface area contributed by atoms with Crippen LogP contribution >= 0.6 is 0 Å². The Balaban J connectivity index is 3.61.